The lowest BCUT2D eigenvalue weighted by Crippen LogP contribution is -2.13. The van der Waals surface area contributed by atoms with Gasteiger partial charge in [-0.25, -0.2) is 4.79 Å². The van der Waals surface area contributed by atoms with Gasteiger partial charge in [0, 0.05) is 23.6 Å². The fourth-order valence-corrected chi connectivity index (χ4v) is 2.63. The smallest absolute Gasteiger partial charge is 0.336 e. The Balaban J connectivity index is 1.49. The van der Waals surface area contributed by atoms with Gasteiger partial charge in [-0.2, -0.15) is 0 Å². The first kappa shape index (κ1) is 18.5. The summed E-state index contributed by atoms with van der Waals surface area (Å²) in [6, 6.07) is 15.6. The quantitative estimate of drug-likeness (QED) is 0.481. The van der Waals surface area contributed by atoms with Crippen LogP contribution in [0.25, 0.3) is 11.0 Å². The van der Waals surface area contributed by atoms with E-state index in [-0.39, 0.29) is 5.91 Å². The molecule has 0 saturated carbocycles. The highest BCUT2D eigenvalue weighted by Crippen LogP contribution is 2.26. The SMILES string of the molecule is CCOc1ccccc1OCCCC(=O)Nc1ccc2oc(=O)ccc2c1. The molecule has 3 aromatic rings. The minimum absolute atomic E-state index is 0.103. The summed E-state index contributed by atoms with van der Waals surface area (Å²) in [7, 11) is 0. The summed E-state index contributed by atoms with van der Waals surface area (Å²) in [5.41, 5.74) is 0.746. The van der Waals surface area contributed by atoms with Crippen molar-refractivity contribution < 1.29 is 18.7 Å². The van der Waals surface area contributed by atoms with Crippen LogP contribution >= 0.6 is 0 Å². The van der Waals surface area contributed by atoms with Crippen LogP contribution in [0.15, 0.2) is 63.8 Å². The van der Waals surface area contributed by atoms with E-state index in [0.717, 1.165) is 5.39 Å². The highest BCUT2D eigenvalue weighted by Gasteiger charge is 2.06. The van der Waals surface area contributed by atoms with E-state index in [0.29, 0.717) is 48.8 Å². The van der Waals surface area contributed by atoms with Crippen molar-refractivity contribution >= 4 is 22.6 Å². The number of fused-ring (bicyclic) bond motifs is 1. The first-order valence-electron chi connectivity index (χ1n) is 8.84. The van der Waals surface area contributed by atoms with Crippen molar-refractivity contribution in [2.45, 2.75) is 19.8 Å². The maximum absolute atomic E-state index is 12.1. The highest BCUT2D eigenvalue weighted by molar-refractivity contribution is 5.93. The molecule has 6 heteroatoms. The van der Waals surface area contributed by atoms with Crippen LogP contribution < -0.4 is 20.4 Å². The van der Waals surface area contributed by atoms with Gasteiger partial charge < -0.3 is 19.2 Å². The second kappa shape index (κ2) is 8.89. The van der Waals surface area contributed by atoms with Gasteiger partial charge in [0.1, 0.15) is 5.58 Å². The molecule has 0 aliphatic rings. The Labute approximate surface area is 156 Å². The lowest BCUT2D eigenvalue weighted by molar-refractivity contribution is -0.116. The molecule has 0 atom stereocenters. The Morgan fingerprint density at radius 2 is 1.81 bits per heavy atom. The summed E-state index contributed by atoms with van der Waals surface area (Å²) in [4.78, 5) is 23.3. The average Bonchev–Trinajstić information content (AvgIpc) is 2.67. The second-order valence-electron chi connectivity index (χ2n) is 5.89. The number of rotatable bonds is 8. The average molecular weight is 367 g/mol. The third-order valence-corrected chi connectivity index (χ3v) is 3.86. The fourth-order valence-electron chi connectivity index (χ4n) is 2.63. The van der Waals surface area contributed by atoms with Crippen molar-refractivity contribution in [3.63, 3.8) is 0 Å². The first-order valence-corrected chi connectivity index (χ1v) is 8.84. The molecule has 1 heterocycles. The van der Waals surface area contributed by atoms with E-state index in [2.05, 4.69) is 5.32 Å². The van der Waals surface area contributed by atoms with Crippen LogP contribution in [0.3, 0.4) is 0 Å². The van der Waals surface area contributed by atoms with Crippen molar-refractivity contribution in [3.05, 3.63) is 65.0 Å². The zero-order valence-electron chi connectivity index (χ0n) is 15.1. The Bertz CT molecular complexity index is 979. The number of benzene rings is 2. The molecule has 1 N–H and O–H groups in total. The molecule has 0 saturated heterocycles. The molecule has 1 aromatic heterocycles. The van der Waals surface area contributed by atoms with Gasteiger partial charge in [-0.3, -0.25) is 4.79 Å². The van der Waals surface area contributed by atoms with Crippen molar-refractivity contribution in [2.75, 3.05) is 18.5 Å². The molecule has 27 heavy (non-hydrogen) atoms. The number of amides is 1. The van der Waals surface area contributed by atoms with Gasteiger partial charge in [0.2, 0.25) is 5.91 Å². The van der Waals surface area contributed by atoms with Gasteiger partial charge in [-0.1, -0.05) is 12.1 Å². The Hall–Kier alpha value is -3.28. The molecule has 0 aliphatic heterocycles. The molecule has 0 fully saturated rings. The maximum atomic E-state index is 12.1. The van der Waals surface area contributed by atoms with Crippen LogP contribution in [0.4, 0.5) is 5.69 Å². The number of ether oxygens (including phenoxy) is 2. The summed E-state index contributed by atoms with van der Waals surface area (Å²) < 4.78 is 16.3. The summed E-state index contributed by atoms with van der Waals surface area (Å²) in [6.07, 6.45) is 0.910. The lowest BCUT2D eigenvalue weighted by Gasteiger charge is -2.11. The van der Waals surface area contributed by atoms with Gasteiger partial charge in [-0.15, -0.1) is 0 Å². The minimum Gasteiger partial charge on any atom is -0.490 e. The molecule has 2 aromatic carbocycles. The van der Waals surface area contributed by atoms with Crippen molar-refractivity contribution in [1.82, 2.24) is 0 Å². The van der Waals surface area contributed by atoms with Crippen LogP contribution in [0, 0.1) is 0 Å². The summed E-state index contributed by atoms with van der Waals surface area (Å²) in [5, 5.41) is 3.59. The minimum atomic E-state index is -0.398. The Morgan fingerprint density at radius 3 is 2.59 bits per heavy atom. The molecule has 1 amide bonds. The van der Waals surface area contributed by atoms with Crippen molar-refractivity contribution in [2.24, 2.45) is 0 Å². The van der Waals surface area contributed by atoms with E-state index >= 15 is 0 Å². The monoisotopic (exact) mass is 367 g/mol. The molecule has 3 rings (SSSR count). The summed E-state index contributed by atoms with van der Waals surface area (Å²) in [6.45, 7) is 2.90. The molecular weight excluding hydrogens is 346 g/mol. The number of para-hydroxylation sites is 2. The molecule has 0 spiro atoms. The number of hydrogen-bond donors (Lipinski definition) is 1. The molecular formula is C21H21NO5. The Morgan fingerprint density at radius 1 is 1.04 bits per heavy atom. The third kappa shape index (κ3) is 5.10. The van der Waals surface area contributed by atoms with Crippen LogP contribution in [-0.2, 0) is 4.79 Å². The first-order chi connectivity index (χ1) is 13.2. The van der Waals surface area contributed by atoms with Gasteiger partial charge in [0.25, 0.3) is 0 Å². The predicted octanol–water partition coefficient (Wildman–Crippen LogP) is 3.99. The Kier molecular flexibility index (Phi) is 6.10. The summed E-state index contributed by atoms with van der Waals surface area (Å²) >= 11 is 0. The second-order valence-corrected chi connectivity index (χ2v) is 5.89. The van der Waals surface area contributed by atoms with Crippen molar-refractivity contribution in [1.29, 1.82) is 0 Å². The van der Waals surface area contributed by atoms with Gasteiger partial charge in [-0.05, 0) is 49.7 Å². The molecule has 0 radical (unpaired) electrons. The number of anilines is 1. The third-order valence-electron chi connectivity index (χ3n) is 3.86. The lowest BCUT2D eigenvalue weighted by atomic mass is 10.2. The standard InChI is InChI=1S/C21H21NO5/c1-2-25-18-6-3-4-7-19(18)26-13-5-8-20(23)22-16-10-11-17-15(14-16)9-12-21(24)27-17/h3-4,6-7,9-12,14H,2,5,8,13H2,1H3,(H,22,23). The van der Waals surface area contributed by atoms with Crippen LogP contribution in [0.2, 0.25) is 0 Å². The fraction of sp³-hybridized carbons (Fsp3) is 0.238. The van der Waals surface area contributed by atoms with Crippen LogP contribution in [0.5, 0.6) is 11.5 Å². The largest absolute Gasteiger partial charge is 0.490 e. The molecule has 0 bridgehead atoms. The highest BCUT2D eigenvalue weighted by atomic mass is 16.5. The molecule has 0 unspecified atom stereocenters. The van der Waals surface area contributed by atoms with E-state index in [9.17, 15) is 9.59 Å². The molecule has 6 nitrogen and oxygen atoms in total. The van der Waals surface area contributed by atoms with E-state index in [1.165, 1.54) is 6.07 Å². The van der Waals surface area contributed by atoms with Crippen LogP contribution in [-0.4, -0.2) is 19.1 Å². The number of carbonyl (C=O) groups excluding carboxylic acids is 1. The number of hydrogen-bond acceptors (Lipinski definition) is 5. The van der Waals surface area contributed by atoms with Gasteiger partial charge in [0.05, 0.1) is 13.2 Å². The van der Waals surface area contributed by atoms with Crippen molar-refractivity contribution in [3.8, 4) is 11.5 Å². The van der Waals surface area contributed by atoms with Gasteiger partial charge in [0.15, 0.2) is 11.5 Å². The van der Waals surface area contributed by atoms with E-state index in [1.807, 2.05) is 31.2 Å². The zero-order valence-corrected chi connectivity index (χ0v) is 15.1. The summed E-state index contributed by atoms with van der Waals surface area (Å²) in [5.74, 6) is 1.27. The molecule has 140 valence electrons. The normalized spacial score (nSPS) is 10.6. The van der Waals surface area contributed by atoms with E-state index in [4.69, 9.17) is 13.9 Å². The van der Waals surface area contributed by atoms with E-state index < -0.39 is 5.63 Å². The molecule has 0 aliphatic carbocycles. The topological polar surface area (TPSA) is 77.8 Å². The number of carbonyl (C=O) groups is 1. The zero-order chi connectivity index (χ0) is 19.1. The maximum Gasteiger partial charge on any atom is 0.336 e. The van der Waals surface area contributed by atoms with E-state index in [1.54, 1.807) is 24.3 Å². The van der Waals surface area contributed by atoms with Gasteiger partial charge >= 0.3 is 5.63 Å². The van der Waals surface area contributed by atoms with Crippen LogP contribution in [0.1, 0.15) is 19.8 Å². The predicted molar refractivity (Wildman–Crippen MR) is 103 cm³/mol. The number of nitrogens with one attached hydrogen (secondary N) is 1.